The molecule has 1 aliphatic carbocycles. The van der Waals surface area contributed by atoms with Crippen LogP contribution in [-0.4, -0.2) is 15.8 Å². The summed E-state index contributed by atoms with van der Waals surface area (Å²) >= 11 is 0. The monoisotopic (exact) mass is 249 g/mol. The van der Waals surface area contributed by atoms with Crippen molar-refractivity contribution in [2.45, 2.75) is 64.5 Å². The number of hydrogen-bond donors (Lipinski definition) is 1. The summed E-state index contributed by atoms with van der Waals surface area (Å²) in [6, 6.07) is 2.22. The van der Waals surface area contributed by atoms with E-state index in [2.05, 4.69) is 17.3 Å². The fourth-order valence-corrected chi connectivity index (χ4v) is 2.16. The number of nitrogens with zero attached hydrogens (tertiary/aromatic N) is 2. The molecule has 1 saturated carbocycles. The quantitative estimate of drug-likeness (QED) is 0.756. The van der Waals surface area contributed by atoms with Crippen LogP contribution in [0.3, 0.4) is 0 Å². The highest BCUT2D eigenvalue weighted by atomic mass is 16.1. The van der Waals surface area contributed by atoms with Crippen molar-refractivity contribution in [1.82, 2.24) is 9.78 Å². The van der Waals surface area contributed by atoms with Gasteiger partial charge in [-0.2, -0.15) is 5.10 Å². The second kappa shape index (κ2) is 6.57. The summed E-state index contributed by atoms with van der Waals surface area (Å²) < 4.78 is 1.57. The van der Waals surface area contributed by atoms with E-state index in [4.69, 9.17) is 0 Å². The number of aromatic nitrogens is 2. The second-order valence-electron chi connectivity index (χ2n) is 5.14. The molecular weight excluding hydrogens is 226 g/mol. The third-order valence-corrected chi connectivity index (χ3v) is 3.57. The molecule has 18 heavy (non-hydrogen) atoms. The van der Waals surface area contributed by atoms with E-state index >= 15 is 0 Å². The van der Waals surface area contributed by atoms with Crippen LogP contribution in [0, 0.1) is 0 Å². The lowest BCUT2D eigenvalue weighted by atomic mass is 9.93. The van der Waals surface area contributed by atoms with Crippen LogP contribution in [0.5, 0.6) is 0 Å². The molecule has 0 atom stereocenters. The maximum Gasteiger partial charge on any atom is 0.268 e. The Morgan fingerprint density at radius 3 is 2.83 bits per heavy atom. The van der Waals surface area contributed by atoms with Gasteiger partial charge in [0.05, 0.1) is 11.9 Å². The van der Waals surface area contributed by atoms with Crippen molar-refractivity contribution in [1.29, 1.82) is 0 Å². The van der Waals surface area contributed by atoms with Crippen LogP contribution in [-0.2, 0) is 6.54 Å². The standard InChI is InChI=1S/C14H23N3O/c1-2-3-4-5-9-17-14(18)10-13(11-15-17)16-12-7-6-8-12/h10-12,16H,2-9H2,1H3. The molecule has 1 N–H and O–H groups in total. The van der Waals surface area contributed by atoms with E-state index in [1.807, 2.05) is 0 Å². The zero-order valence-corrected chi connectivity index (χ0v) is 11.2. The predicted molar refractivity (Wildman–Crippen MR) is 73.9 cm³/mol. The van der Waals surface area contributed by atoms with E-state index in [0.717, 1.165) is 18.7 Å². The maximum atomic E-state index is 11.9. The zero-order chi connectivity index (χ0) is 12.8. The van der Waals surface area contributed by atoms with Gasteiger partial charge in [-0.05, 0) is 25.7 Å². The summed E-state index contributed by atoms with van der Waals surface area (Å²) in [6.07, 6.45) is 10.1. The first-order valence-corrected chi connectivity index (χ1v) is 7.13. The SMILES string of the molecule is CCCCCCn1ncc(NC2CCC2)cc1=O. The zero-order valence-electron chi connectivity index (χ0n) is 11.2. The van der Waals surface area contributed by atoms with Crippen molar-refractivity contribution in [3.63, 3.8) is 0 Å². The number of unbranched alkanes of at least 4 members (excludes halogenated alkanes) is 3. The summed E-state index contributed by atoms with van der Waals surface area (Å²) in [5.74, 6) is 0. The topological polar surface area (TPSA) is 46.9 Å². The van der Waals surface area contributed by atoms with Crippen LogP contribution in [0.2, 0.25) is 0 Å². The third kappa shape index (κ3) is 3.59. The van der Waals surface area contributed by atoms with Gasteiger partial charge in [-0.15, -0.1) is 0 Å². The first-order valence-electron chi connectivity index (χ1n) is 7.13. The fraction of sp³-hybridized carbons (Fsp3) is 0.714. The lowest BCUT2D eigenvalue weighted by Crippen LogP contribution is -2.29. The molecule has 4 nitrogen and oxygen atoms in total. The van der Waals surface area contributed by atoms with Crippen LogP contribution in [0.25, 0.3) is 0 Å². The van der Waals surface area contributed by atoms with Gasteiger partial charge >= 0.3 is 0 Å². The maximum absolute atomic E-state index is 11.9. The van der Waals surface area contributed by atoms with Crippen LogP contribution >= 0.6 is 0 Å². The summed E-state index contributed by atoms with van der Waals surface area (Å²) in [4.78, 5) is 11.9. The van der Waals surface area contributed by atoms with Crippen LogP contribution in [0.15, 0.2) is 17.1 Å². The molecule has 0 aliphatic heterocycles. The van der Waals surface area contributed by atoms with Crippen molar-refractivity contribution in [3.05, 3.63) is 22.6 Å². The molecule has 2 rings (SSSR count). The molecule has 0 spiro atoms. The Kier molecular flexibility index (Phi) is 4.79. The number of hydrogen-bond acceptors (Lipinski definition) is 3. The van der Waals surface area contributed by atoms with Crippen LogP contribution < -0.4 is 10.9 Å². The molecule has 0 amide bonds. The van der Waals surface area contributed by atoms with Crippen molar-refractivity contribution in [2.24, 2.45) is 0 Å². The molecule has 0 unspecified atom stereocenters. The van der Waals surface area contributed by atoms with Crippen LogP contribution in [0.4, 0.5) is 5.69 Å². The first kappa shape index (κ1) is 13.1. The van der Waals surface area contributed by atoms with Crippen molar-refractivity contribution in [2.75, 3.05) is 5.32 Å². The first-order chi connectivity index (χ1) is 8.79. The molecule has 4 heteroatoms. The highest BCUT2D eigenvalue weighted by Gasteiger charge is 2.17. The highest BCUT2D eigenvalue weighted by Crippen LogP contribution is 2.21. The lowest BCUT2D eigenvalue weighted by Gasteiger charge is -2.27. The Bertz CT molecular complexity index is 423. The Morgan fingerprint density at radius 1 is 1.39 bits per heavy atom. The van der Waals surface area contributed by atoms with E-state index < -0.39 is 0 Å². The van der Waals surface area contributed by atoms with Crippen LogP contribution in [0.1, 0.15) is 51.9 Å². The normalized spacial score (nSPS) is 15.4. The van der Waals surface area contributed by atoms with Gasteiger partial charge in [0.25, 0.3) is 5.56 Å². The van der Waals surface area contributed by atoms with Gasteiger partial charge in [-0.1, -0.05) is 26.2 Å². The van der Waals surface area contributed by atoms with Gasteiger partial charge < -0.3 is 5.32 Å². The number of nitrogens with one attached hydrogen (secondary N) is 1. The predicted octanol–water partition coefficient (Wildman–Crippen LogP) is 2.79. The van der Waals surface area contributed by atoms with Gasteiger partial charge in [0.1, 0.15) is 0 Å². The minimum atomic E-state index is 0.0100. The van der Waals surface area contributed by atoms with E-state index in [1.54, 1.807) is 16.9 Å². The van der Waals surface area contributed by atoms with Gasteiger partial charge in [0, 0.05) is 18.7 Å². The van der Waals surface area contributed by atoms with Gasteiger partial charge in [-0.25, -0.2) is 4.68 Å². The molecule has 1 aromatic rings. The summed E-state index contributed by atoms with van der Waals surface area (Å²) in [6.45, 7) is 2.92. The average molecular weight is 249 g/mol. The molecule has 100 valence electrons. The number of aryl methyl sites for hydroxylation is 1. The molecular formula is C14H23N3O. The Hall–Kier alpha value is -1.32. The third-order valence-electron chi connectivity index (χ3n) is 3.57. The number of rotatable bonds is 7. The minimum absolute atomic E-state index is 0.0100. The second-order valence-corrected chi connectivity index (χ2v) is 5.14. The van der Waals surface area contributed by atoms with Crippen molar-refractivity contribution < 1.29 is 0 Å². The summed E-state index contributed by atoms with van der Waals surface area (Å²) in [5.41, 5.74) is 0.880. The van der Waals surface area contributed by atoms with Crippen molar-refractivity contribution in [3.8, 4) is 0 Å². The van der Waals surface area contributed by atoms with E-state index in [0.29, 0.717) is 6.04 Å². The van der Waals surface area contributed by atoms with E-state index in [1.165, 1.54) is 38.5 Å². The van der Waals surface area contributed by atoms with E-state index in [-0.39, 0.29) is 5.56 Å². The highest BCUT2D eigenvalue weighted by molar-refractivity contribution is 5.40. The molecule has 0 saturated heterocycles. The Balaban J connectivity index is 1.86. The molecule has 1 heterocycles. The fourth-order valence-electron chi connectivity index (χ4n) is 2.16. The molecule has 1 aromatic heterocycles. The van der Waals surface area contributed by atoms with E-state index in [9.17, 15) is 4.79 Å². The summed E-state index contributed by atoms with van der Waals surface area (Å²) in [7, 11) is 0. The van der Waals surface area contributed by atoms with Gasteiger partial charge in [-0.3, -0.25) is 4.79 Å². The molecule has 0 aromatic carbocycles. The van der Waals surface area contributed by atoms with Gasteiger partial charge in [0.2, 0.25) is 0 Å². The molecule has 0 bridgehead atoms. The molecule has 1 aliphatic rings. The Morgan fingerprint density at radius 2 is 2.22 bits per heavy atom. The average Bonchev–Trinajstić information content (AvgIpc) is 2.31. The summed E-state index contributed by atoms with van der Waals surface area (Å²) in [5, 5.41) is 7.58. The van der Waals surface area contributed by atoms with Crippen molar-refractivity contribution >= 4 is 5.69 Å². The smallest absolute Gasteiger partial charge is 0.268 e. The lowest BCUT2D eigenvalue weighted by molar-refractivity contribution is 0.444. The molecule has 0 radical (unpaired) electrons. The minimum Gasteiger partial charge on any atom is -0.381 e. The number of anilines is 1. The van der Waals surface area contributed by atoms with Gasteiger partial charge in [0.15, 0.2) is 0 Å². The molecule has 1 fully saturated rings. The Labute approximate surface area is 108 Å². The largest absolute Gasteiger partial charge is 0.381 e.